The molecule has 3 heteroatoms. The number of hydrogen-bond acceptors (Lipinski definition) is 2. The largest absolute Gasteiger partial charge is 0.412 e. The second kappa shape index (κ2) is 5.88. The third-order valence-corrected chi connectivity index (χ3v) is 0.387. The van der Waals surface area contributed by atoms with Gasteiger partial charge in [-0.3, -0.25) is 4.84 Å². The van der Waals surface area contributed by atoms with Gasteiger partial charge in [0.25, 0.3) is 0 Å². The Bertz CT molecular complexity index is 30.9. The summed E-state index contributed by atoms with van der Waals surface area (Å²) in [5, 5.41) is 1.68. The molecule has 0 fully saturated rings. The second-order valence-corrected chi connectivity index (χ2v) is 1.23. The van der Waals surface area contributed by atoms with Crippen LogP contribution < -0.4 is 0 Å². The average molecular weight is 107 g/mol. The van der Waals surface area contributed by atoms with Crippen LogP contribution in [0.25, 0.3) is 0 Å². The van der Waals surface area contributed by atoms with Gasteiger partial charge < -0.3 is 5.48 Å². The zero-order valence-electron chi connectivity index (χ0n) is 5.06. The van der Waals surface area contributed by atoms with Crippen LogP contribution in [0.3, 0.4) is 0 Å². The van der Waals surface area contributed by atoms with E-state index in [1.807, 2.05) is 21.0 Å². The molecule has 0 rings (SSSR count). The van der Waals surface area contributed by atoms with Crippen LogP contribution in [0.5, 0.6) is 0 Å². The van der Waals surface area contributed by atoms with Crippen LogP contribution in [-0.4, -0.2) is 31.2 Å². The molecule has 0 aromatic carbocycles. The molecule has 0 bridgehead atoms. The molecule has 46 valence electrons. The first kappa shape index (κ1) is 9.99. The fraction of sp³-hybridized carbons (Fsp3) is 1.00. The lowest BCUT2D eigenvalue weighted by molar-refractivity contribution is -0.113. The van der Waals surface area contributed by atoms with Crippen molar-refractivity contribution in [1.82, 2.24) is 5.06 Å². The molecule has 0 aromatic heterocycles. The molecular weight excluding hydrogens is 94.0 g/mol. The van der Waals surface area contributed by atoms with Crippen LogP contribution in [0.15, 0.2) is 0 Å². The van der Waals surface area contributed by atoms with Gasteiger partial charge in [0.2, 0.25) is 0 Å². The molecule has 0 saturated heterocycles. The zero-order chi connectivity index (χ0) is 4.99. The maximum atomic E-state index is 4.88. The molecule has 0 aliphatic heterocycles. The molecule has 0 aliphatic carbocycles. The number of nitrogens with zero attached hydrogens (tertiary/aromatic N) is 1. The van der Waals surface area contributed by atoms with E-state index in [9.17, 15) is 0 Å². The van der Waals surface area contributed by atoms with Gasteiger partial charge >= 0.3 is 0 Å². The fourth-order valence-electron chi connectivity index (χ4n) is 0.258. The normalized spacial score (nSPS) is 8.57. The molecule has 3 nitrogen and oxygen atoms in total. The lowest BCUT2D eigenvalue weighted by Crippen LogP contribution is -2.11. The van der Waals surface area contributed by atoms with Gasteiger partial charge in [0.15, 0.2) is 0 Å². The Balaban J connectivity index is 0. The van der Waals surface area contributed by atoms with Crippen molar-refractivity contribution < 1.29 is 10.3 Å². The molecule has 2 N–H and O–H groups in total. The number of hydrogen-bond donors (Lipinski definition) is 0. The van der Waals surface area contributed by atoms with Gasteiger partial charge in [-0.25, -0.2) is 0 Å². The molecule has 0 aromatic rings. The van der Waals surface area contributed by atoms with E-state index in [1.54, 1.807) is 5.06 Å². The number of rotatable bonds is 2. The molecule has 0 saturated carbocycles. The van der Waals surface area contributed by atoms with E-state index in [4.69, 9.17) is 4.84 Å². The summed E-state index contributed by atoms with van der Waals surface area (Å²) < 4.78 is 0. The van der Waals surface area contributed by atoms with Crippen LogP contribution >= 0.6 is 0 Å². The maximum absolute atomic E-state index is 4.88. The first-order valence-electron chi connectivity index (χ1n) is 2.07. The first-order chi connectivity index (χ1) is 2.77. The minimum absolute atomic E-state index is 0. The summed E-state index contributed by atoms with van der Waals surface area (Å²) in [6.07, 6.45) is 0. The quantitative estimate of drug-likeness (QED) is 0.454. The first-order valence-corrected chi connectivity index (χ1v) is 2.07. The van der Waals surface area contributed by atoms with Crippen molar-refractivity contribution in [3.05, 3.63) is 0 Å². The Hall–Kier alpha value is -0.120. The Morgan fingerprint density at radius 3 is 1.86 bits per heavy atom. The SMILES string of the molecule is CCON(C)C.O. The number of hydroxylamine groups is 2. The summed E-state index contributed by atoms with van der Waals surface area (Å²) in [6, 6.07) is 0. The smallest absolute Gasteiger partial charge is 0.0656 e. The lowest BCUT2D eigenvalue weighted by Gasteiger charge is -2.05. The summed E-state index contributed by atoms with van der Waals surface area (Å²) in [6.45, 7) is 2.72. The highest BCUT2D eigenvalue weighted by molar-refractivity contribution is 4.06. The Kier molecular flexibility index (Phi) is 8.39. The van der Waals surface area contributed by atoms with Gasteiger partial charge in [-0.1, -0.05) is 0 Å². The van der Waals surface area contributed by atoms with Crippen LogP contribution in [0.4, 0.5) is 0 Å². The fourth-order valence-corrected chi connectivity index (χ4v) is 0.258. The summed E-state index contributed by atoms with van der Waals surface area (Å²) in [5.41, 5.74) is 0. The summed E-state index contributed by atoms with van der Waals surface area (Å²) in [5.74, 6) is 0. The van der Waals surface area contributed by atoms with Gasteiger partial charge in [0.05, 0.1) is 6.61 Å². The van der Waals surface area contributed by atoms with E-state index < -0.39 is 0 Å². The molecule has 0 amide bonds. The minimum Gasteiger partial charge on any atom is -0.412 e. The predicted molar refractivity (Wildman–Crippen MR) is 28.9 cm³/mol. The van der Waals surface area contributed by atoms with E-state index in [1.165, 1.54) is 0 Å². The summed E-state index contributed by atoms with van der Waals surface area (Å²) in [7, 11) is 3.73. The van der Waals surface area contributed by atoms with Gasteiger partial charge in [0, 0.05) is 14.1 Å². The average Bonchev–Trinajstić information content (AvgIpc) is 1.35. The maximum Gasteiger partial charge on any atom is 0.0656 e. The van der Waals surface area contributed by atoms with Gasteiger partial charge in [0.1, 0.15) is 0 Å². The summed E-state index contributed by atoms with van der Waals surface area (Å²) in [4.78, 5) is 4.88. The van der Waals surface area contributed by atoms with E-state index in [0.29, 0.717) is 0 Å². The third-order valence-electron chi connectivity index (χ3n) is 0.387. The molecule has 0 spiro atoms. The third kappa shape index (κ3) is 10.7. The van der Waals surface area contributed by atoms with E-state index in [0.717, 1.165) is 6.61 Å². The van der Waals surface area contributed by atoms with Crippen molar-refractivity contribution in [2.45, 2.75) is 6.92 Å². The molecule has 7 heavy (non-hydrogen) atoms. The molecule has 0 atom stereocenters. The second-order valence-electron chi connectivity index (χ2n) is 1.23. The van der Waals surface area contributed by atoms with Crippen molar-refractivity contribution in [1.29, 1.82) is 0 Å². The molecule has 0 radical (unpaired) electrons. The standard InChI is InChI=1S/C4H11NO.H2O/c1-4-6-5(2)3;/h4H2,1-3H3;1H2. The Morgan fingerprint density at radius 2 is 1.86 bits per heavy atom. The van der Waals surface area contributed by atoms with Crippen molar-refractivity contribution in [3.63, 3.8) is 0 Å². The Morgan fingerprint density at radius 1 is 1.43 bits per heavy atom. The highest BCUT2D eigenvalue weighted by atomic mass is 16.7. The van der Waals surface area contributed by atoms with E-state index in [2.05, 4.69) is 0 Å². The lowest BCUT2D eigenvalue weighted by atomic mass is 10.9. The van der Waals surface area contributed by atoms with E-state index in [-0.39, 0.29) is 5.48 Å². The van der Waals surface area contributed by atoms with Gasteiger partial charge in [-0.05, 0) is 6.92 Å². The zero-order valence-corrected chi connectivity index (χ0v) is 5.06. The topological polar surface area (TPSA) is 44.0 Å². The van der Waals surface area contributed by atoms with Crippen molar-refractivity contribution in [3.8, 4) is 0 Å². The van der Waals surface area contributed by atoms with Crippen LogP contribution in [0.2, 0.25) is 0 Å². The highest BCUT2D eigenvalue weighted by Crippen LogP contribution is 1.72. The van der Waals surface area contributed by atoms with Crippen molar-refractivity contribution >= 4 is 0 Å². The predicted octanol–water partition coefficient (Wildman–Crippen LogP) is -0.325. The van der Waals surface area contributed by atoms with Gasteiger partial charge in [-0.2, -0.15) is 5.06 Å². The van der Waals surface area contributed by atoms with Crippen LogP contribution in [0, 0.1) is 0 Å². The monoisotopic (exact) mass is 107 g/mol. The van der Waals surface area contributed by atoms with Crippen molar-refractivity contribution in [2.24, 2.45) is 0 Å². The molecular formula is C4H13NO2. The van der Waals surface area contributed by atoms with E-state index >= 15 is 0 Å². The Labute approximate surface area is 44.1 Å². The highest BCUT2D eigenvalue weighted by Gasteiger charge is 1.77. The van der Waals surface area contributed by atoms with Gasteiger partial charge in [-0.15, -0.1) is 0 Å². The van der Waals surface area contributed by atoms with Crippen molar-refractivity contribution in [2.75, 3.05) is 20.7 Å². The summed E-state index contributed by atoms with van der Waals surface area (Å²) >= 11 is 0. The van der Waals surface area contributed by atoms with Crippen LogP contribution in [0.1, 0.15) is 6.92 Å². The molecule has 0 heterocycles. The minimum atomic E-state index is 0. The molecule has 0 aliphatic rings. The molecule has 0 unspecified atom stereocenters. The van der Waals surface area contributed by atoms with Crippen LogP contribution in [-0.2, 0) is 4.84 Å².